The first-order valence-corrected chi connectivity index (χ1v) is 12.7. The Morgan fingerprint density at radius 1 is 1.00 bits per heavy atom. The third-order valence-corrected chi connectivity index (χ3v) is 6.46. The summed E-state index contributed by atoms with van der Waals surface area (Å²) in [4.78, 5) is 27.1. The normalized spacial score (nSPS) is 13.4. The first kappa shape index (κ1) is 26.8. The van der Waals surface area contributed by atoms with Crippen molar-refractivity contribution in [1.82, 2.24) is 4.90 Å². The smallest absolute Gasteiger partial charge is 0.266 e. The second kappa shape index (κ2) is 12.8. The van der Waals surface area contributed by atoms with E-state index < -0.39 is 5.91 Å². The standard InChI is InChI=1S/C30H28ClN3O4/c1-37-28-18-22(17-24(19-32)29(35)33-26-12-10-25(31)11-13-26)7-14-27(28)38-20-21-5-8-23(9-6-21)30(36)34-15-3-2-4-16-34/h5-14,17-18H,2-4,15-16,20H2,1H3,(H,33,35)/b24-17-. The predicted octanol–water partition coefficient (Wildman–Crippen LogP) is 6.10. The van der Waals surface area contributed by atoms with Gasteiger partial charge in [-0.3, -0.25) is 9.59 Å². The van der Waals surface area contributed by atoms with E-state index in [2.05, 4.69) is 5.32 Å². The molecule has 0 radical (unpaired) electrons. The maximum Gasteiger partial charge on any atom is 0.266 e. The number of anilines is 1. The summed E-state index contributed by atoms with van der Waals surface area (Å²) >= 11 is 5.88. The monoisotopic (exact) mass is 529 g/mol. The van der Waals surface area contributed by atoms with Crippen molar-refractivity contribution in [3.05, 3.63) is 94.0 Å². The third-order valence-electron chi connectivity index (χ3n) is 6.20. The van der Waals surface area contributed by atoms with E-state index in [0.717, 1.165) is 31.5 Å². The van der Waals surface area contributed by atoms with Crippen molar-refractivity contribution in [2.24, 2.45) is 0 Å². The summed E-state index contributed by atoms with van der Waals surface area (Å²) in [5, 5.41) is 12.7. The maximum absolute atomic E-state index is 12.7. The molecule has 2 amide bonds. The lowest BCUT2D eigenvalue weighted by Crippen LogP contribution is -2.35. The van der Waals surface area contributed by atoms with Crippen LogP contribution in [0.4, 0.5) is 5.69 Å². The highest BCUT2D eigenvalue weighted by Crippen LogP contribution is 2.30. The second-order valence-corrected chi connectivity index (χ2v) is 9.32. The fourth-order valence-corrected chi connectivity index (χ4v) is 4.25. The van der Waals surface area contributed by atoms with Gasteiger partial charge in [0, 0.05) is 29.4 Å². The van der Waals surface area contributed by atoms with Crippen LogP contribution in [0.3, 0.4) is 0 Å². The maximum atomic E-state index is 12.7. The second-order valence-electron chi connectivity index (χ2n) is 8.88. The van der Waals surface area contributed by atoms with Crippen molar-refractivity contribution in [1.29, 1.82) is 5.26 Å². The number of nitriles is 1. The van der Waals surface area contributed by atoms with Crippen LogP contribution in [-0.4, -0.2) is 36.9 Å². The van der Waals surface area contributed by atoms with Crippen molar-refractivity contribution in [2.45, 2.75) is 25.9 Å². The molecule has 1 N–H and O–H groups in total. The van der Waals surface area contributed by atoms with Crippen LogP contribution in [0.25, 0.3) is 6.08 Å². The summed E-state index contributed by atoms with van der Waals surface area (Å²) in [6, 6.07) is 21.2. The molecular weight excluding hydrogens is 502 g/mol. The number of carbonyl (C=O) groups is 2. The summed E-state index contributed by atoms with van der Waals surface area (Å²) in [6.45, 7) is 1.92. The summed E-state index contributed by atoms with van der Waals surface area (Å²) in [7, 11) is 1.52. The molecule has 8 heteroatoms. The number of carbonyl (C=O) groups excluding carboxylic acids is 2. The van der Waals surface area contributed by atoms with Gasteiger partial charge in [0.1, 0.15) is 18.2 Å². The minimum atomic E-state index is -0.531. The number of piperidine rings is 1. The number of methoxy groups -OCH3 is 1. The Balaban J connectivity index is 1.40. The minimum Gasteiger partial charge on any atom is -0.493 e. The quantitative estimate of drug-likeness (QED) is 0.281. The van der Waals surface area contributed by atoms with E-state index in [1.54, 1.807) is 42.5 Å². The number of nitrogens with one attached hydrogen (secondary N) is 1. The van der Waals surface area contributed by atoms with Gasteiger partial charge >= 0.3 is 0 Å². The highest BCUT2D eigenvalue weighted by atomic mass is 35.5. The van der Waals surface area contributed by atoms with Crippen LogP contribution in [0.5, 0.6) is 11.5 Å². The van der Waals surface area contributed by atoms with Crippen LogP contribution >= 0.6 is 11.6 Å². The van der Waals surface area contributed by atoms with Crippen molar-refractivity contribution < 1.29 is 19.1 Å². The molecule has 1 heterocycles. The molecule has 0 aromatic heterocycles. The molecule has 1 saturated heterocycles. The first-order valence-electron chi connectivity index (χ1n) is 12.3. The molecule has 1 aliphatic rings. The highest BCUT2D eigenvalue weighted by Gasteiger charge is 2.18. The van der Waals surface area contributed by atoms with E-state index in [0.29, 0.717) is 33.3 Å². The number of hydrogen-bond acceptors (Lipinski definition) is 5. The summed E-state index contributed by atoms with van der Waals surface area (Å²) in [6.07, 6.45) is 4.78. The fraction of sp³-hybridized carbons (Fsp3) is 0.233. The van der Waals surface area contributed by atoms with E-state index in [1.807, 2.05) is 35.2 Å². The van der Waals surface area contributed by atoms with E-state index in [4.69, 9.17) is 21.1 Å². The zero-order chi connectivity index (χ0) is 26.9. The van der Waals surface area contributed by atoms with Gasteiger partial charge in [0.15, 0.2) is 11.5 Å². The first-order chi connectivity index (χ1) is 18.5. The molecule has 194 valence electrons. The number of benzene rings is 3. The molecule has 3 aromatic carbocycles. The number of hydrogen-bond donors (Lipinski definition) is 1. The SMILES string of the molecule is COc1cc(/C=C(/C#N)C(=O)Nc2ccc(Cl)cc2)ccc1OCc1ccc(C(=O)N2CCCCC2)cc1. The molecule has 0 unspecified atom stereocenters. The third kappa shape index (κ3) is 6.93. The molecule has 7 nitrogen and oxygen atoms in total. The molecule has 3 aromatic rings. The van der Waals surface area contributed by atoms with Gasteiger partial charge in [-0.25, -0.2) is 0 Å². The van der Waals surface area contributed by atoms with Crippen molar-refractivity contribution in [2.75, 3.05) is 25.5 Å². The average molecular weight is 530 g/mol. The zero-order valence-electron chi connectivity index (χ0n) is 21.1. The van der Waals surface area contributed by atoms with E-state index in [-0.39, 0.29) is 18.1 Å². The van der Waals surface area contributed by atoms with E-state index in [1.165, 1.54) is 19.6 Å². The predicted molar refractivity (Wildman–Crippen MR) is 147 cm³/mol. The van der Waals surface area contributed by atoms with Gasteiger partial charge in [-0.15, -0.1) is 0 Å². The van der Waals surface area contributed by atoms with Gasteiger partial charge in [-0.2, -0.15) is 5.26 Å². The fourth-order valence-electron chi connectivity index (χ4n) is 4.12. The molecule has 0 atom stereocenters. The molecule has 1 fully saturated rings. The Labute approximate surface area is 227 Å². The van der Waals surface area contributed by atoms with Gasteiger partial charge in [-0.1, -0.05) is 29.8 Å². The van der Waals surface area contributed by atoms with Crippen molar-refractivity contribution in [3.63, 3.8) is 0 Å². The Morgan fingerprint density at radius 3 is 2.37 bits per heavy atom. The summed E-state index contributed by atoms with van der Waals surface area (Å²) in [5.74, 6) is 0.519. The molecule has 38 heavy (non-hydrogen) atoms. The molecule has 0 bridgehead atoms. The van der Waals surface area contributed by atoms with E-state index in [9.17, 15) is 14.9 Å². The number of halogens is 1. The zero-order valence-corrected chi connectivity index (χ0v) is 21.8. The van der Waals surface area contributed by atoms with Crippen LogP contribution in [0, 0.1) is 11.3 Å². The van der Waals surface area contributed by atoms with Crippen LogP contribution in [0.2, 0.25) is 5.02 Å². The average Bonchev–Trinajstić information content (AvgIpc) is 2.96. The van der Waals surface area contributed by atoms with Crippen molar-refractivity contribution in [3.8, 4) is 17.6 Å². The van der Waals surface area contributed by atoms with Gasteiger partial charge in [0.2, 0.25) is 0 Å². The molecule has 0 saturated carbocycles. The highest BCUT2D eigenvalue weighted by molar-refractivity contribution is 6.30. The summed E-state index contributed by atoms with van der Waals surface area (Å²) < 4.78 is 11.4. The molecule has 1 aliphatic heterocycles. The van der Waals surface area contributed by atoms with Crippen LogP contribution in [-0.2, 0) is 11.4 Å². The summed E-state index contributed by atoms with van der Waals surface area (Å²) in [5.41, 5.74) is 2.67. The van der Waals surface area contributed by atoms with Crippen molar-refractivity contribution >= 4 is 35.2 Å². The largest absolute Gasteiger partial charge is 0.493 e. The van der Waals surface area contributed by atoms with E-state index >= 15 is 0 Å². The lowest BCUT2D eigenvalue weighted by atomic mass is 10.1. The van der Waals surface area contributed by atoms with Gasteiger partial charge in [-0.05, 0) is 85.0 Å². The molecule has 4 rings (SSSR count). The Hall–Kier alpha value is -4.28. The minimum absolute atomic E-state index is 0.0603. The Kier molecular flexibility index (Phi) is 9.02. The molecular formula is C30H28ClN3O4. The van der Waals surface area contributed by atoms with Gasteiger partial charge in [0.25, 0.3) is 11.8 Å². The van der Waals surface area contributed by atoms with Gasteiger partial charge < -0.3 is 19.7 Å². The topological polar surface area (TPSA) is 91.7 Å². The number of likely N-dealkylation sites (tertiary alicyclic amines) is 1. The Bertz CT molecular complexity index is 1360. The van der Waals surface area contributed by atoms with Gasteiger partial charge in [0.05, 0.1) is 7.11 Å². The lowest BCUT2D eigenvalue weighted by molar-refractivity contribution is -0.112. The lowest BCUT2D eigenvalue weighted by Gasteiger charge is -2.26. The van der Waals surface area contributed by atoms with Crippen LogP contribution < -0.4 is 14.8 Å². The number of nitrogens with zero attached hydrogens (tertiary/aromatic N) is 2. The number of amides is 2. The van der Waals surface area contributed by atoms with Crippen LogP contribution in [0.1, 0.15) is 40.7 Å². The van der Waals surface area contributed by atoms with Crippen LogP contribution in [0.15, 0.2) is 72.3 Å². The Morgan fingerprint density at radius 2 is 1.71 bits per heavy atom. The molecule has 0 aliphatic carbocycles. The number of rotatable bonds is 8. The number of ether oxygens (including phenoxy) is 2. The molecule has 0 spiro atoms.